The Morgan fingerprint density at radius 1 is 0.447 bits per heavy atom. The molecule has 0 spiro atoms. The van der Waals surface area contributed by atoms with Crippen LogP contribution in [0.3, 0.4) is 0 Å². The van der Waals surface area contributed by atoms with Gasteiger partial charge in [0.2, 0.25) is 0 Å². The Bertz CT molecular complexity index is 609. The highest BCUT2D eigenvalue weighted by molar-refractivity contribution is 5.69. The van der Waals surface area contributed by atoms with E-state index in [0.717, 1.165) is 18.8 Å². The van der Waals surface area contributed by atoms with Gasteiger partial charge in [-0.25, -0.2) is 0 Å². The van der Waals surface area contributed by atoms with E-state index in [1.165, 1.54) is 205 Å². The van der Waals surface area contributed by atoms with Gasteiger partial charge in [0, 0.05) is 0 Å². The van der Waals surface area contributed by atoms with Gasteiger partial charge in [-0.05, 0) is 18.8 Å². The number of aliphatic hydroxyl groups is 2. The third kappa shape index (κ3) is 35.0. The minimum atomic E-state index is -0.914. The molecule has 0 heterocycles. The Morgan fingerprint density at radius 3 is 0.979 bits per heavy atom. The maximum atomic E-state index is 11.3. The molecule has 0 fully saturated rings. The Balaban J connectivity index is 3.36. The van der Waals surface area contributed by atoms with Crippen LogP contribution in [-0.2, 0) is 4.79 Å². The van der Waals surface area contributed by atoms with Gasteiger partial charge in [-0.2, -0.15) is 0 Å². The predicted octanol–water partition coefficient (Wildman–Crippen LogP) is 13.7. The summed E-state index contributed by atoms with van der Waals surface area (Å²) >= 11 is 0. The molecule has 3 unspecified atom stereocenters. The molecule has 0 saturated heterocycles. The van der Waals surface area contributed by atoms with Gasteiger partial charge in [-0.15, -0.1) is 0 Å². The van der Waals surface area contributed by atoms with Gasteiger partial charge in [0.15, 0.2) is 0 Å². The molecule has 0 rings (SSSR count). The Morgan fingerprint density at radius 2 is 0.723 bits per heavy atom. The van der Waals surface area contributed by atoms with Gasteiger partial charge in [-0.3, -0.25) is 4.79 Å². The number of rotatable bonds is 40. The summed E-state index contributed by atoms with van der Waals surface area (Å²) in [5.74, 6) is -0.411. The van der Waals surface area contributed by atoms with E-state index in [9.17, 15) is 15.0 Å². The number of hydrogen-bond donors (Lipinski definition) is 3. The largest absolute Gasteiger partial charge is 0.481 e. The molecule has 4 heteroatoms. The first kappa shape index (κ1) is 46.4. The Kier molecular flexibility index (Phi) is 37.7. The van der Waals surface area contributed by atoms with Crippen LogP contribution in [0.5, 0.6) is 0 Å². The van der Waals surface area contributed by atoms with Crippen LogP contribution in [-0.4, -0.2) is 34.0 Å². The number of unbranched alkanes of at least 4 members (excludes halogenated alkanes) is 29. The molecule has 0 aromatic heterocycles. The van der Waals surface area contributed by atoms with E-state index in [0.29, 0.717) is 6.42 Å². The van der Waals surface area contributed by atoms with Crippen molar-refractivity contribution in [2.45, 2.75) is 251 Å². The van der Waals surface area contributed by atoms with Crippen LogP contribution in [0.1, 0.15) is 245 Å². The summed E-state index contributed by atoms with van der Waals surface area (Å²) in [6.45, 7) is 4.35. The second-order valence-corrected chi connectivity index (χ2v) is 15.4. The van der Waals surface area contributed by atoms with Crippen LogP contribution < -0.4 is 0 Å². The normalized spacial score (nSPS) is 13.6. The number of aliphatic carboxylic acids is 1. The number of carbonyl (C=O) groups is 1. The Hall–Kier alpha value is -0.610. The van der Waals surface area contributed by atoms with Gasteiger partial charge < -0.3 is 15.3 Å². The zero-order valence-corrected chi connectivity index (χ0v) is 32.1. The number of aliphatic hydroxyl groups excluding tert-OH is 2. The van der Waals surface area contributed by atoms with Crippen molar-refractivity contribution in [3.8, 4) is 0 Å². The van der Waals surface area contributed by atoms with E-state index in [-0.39, 0.29) is 13.0 Å². The summed E-state index contributed by atoms with van der Waals surface area (Å²) < 4.78 is 0. The molecule has 0 saturated carbocycles. The fourth-order valence-corrected chi connectivity index (χ4v) is 7.40. The summed E-state index contributed by atoms with van der Waals surface area (Å²) in [5, 5.41) is 27.7. The third-order valence-electron chi connectivity index (χ3n) is 10.8. The quantitative estimate of drug-likeness (QED) is 0.0569. The maximum absolute atomic E-state index is 11.3. The molecule has 0 aliphatic rings. The summed E-state index contributed by atoms with van der Waals surface area (Å²) in [6, 6.07) is 0. The first-order valence-corrected chi connectivity index (χ1v) is 21.6. The topological polar surface area (TPSA) is 77.8 Å². The van der Waals surface area contributed by atoms with Crippen molar-refractivity contribution in [2.24, 2.45) is 11.8 Å². The molecule has 4 nitrogen and oxygen atoms in total. The second kappa shape index (κ2) is 38.2. The summed E-state index contributed by atoms with van der Waals surface area (Å²) in [4.78, 5) is 11.3. The molecule has 0 aromatic rings. The van der Waals surface area contributed by atoms with Crippen molar-refractivity contribution in [3.05, 3.63) is 0 Å². The summed E-state index contributed by atoms with van der Waals surface area (Å²) in [5.41, 5.74) is 0. The highest BCUT2D eigenvalue weighted by atomic mass is 16.4. The monoisotopic (exact) mass is 667 g/mol. The summed E-state index contributed by atoms with van der Waals surface area (Å²) in [6.07, 6.45) is 47.2. The lowest BCUT2D eigenvalue weighted by Gasteiger charge is -2.15. The highest BCUT2D eigenvalue weighted by Gasteiger charge is 2.20. The molecule has 0 bridgehead atoms. The van der Waals surface area contributed by atoms with Gasteiger partial charge in [0.05, 0.1) is 18.6 Å². The molecule has 0 aromatic carbocycles. The van der Waals surface area contributed by atoms with Crippen LogP contribution >= 0.6 is 0 Å². The molecule has 47 heavy (non-hydrogen) atoms. The second-order valence-electron chi connectivity index (χ2n) is 15.4. The van der Waals surface area contributed by atoms with E-state index in [4.69, 9.17) is 5.11 Å². The van der Waals surface area contributed by atoms with E-state index in [1.807, 2.05) is 0 Å². The van der Waals surface area contributed by atoms with Crippen molar-refractivity contribution in [1.82, 2.24) is 0 Å². The van der Waals surface area contributed by atoms with Crippen molar-refractivity contribution in [2.75, 3.05) is 6.61 Å². The molecule has 0 aliphatic carbocycles. The van der Waals surface area contributed by atoms with E-state index < -0.39 is 18.0 Å². The molecular formula is C43H86O4. The first-order valence-electron chi connectivity index (χ1n) is 21.6. The zero-order chi connectivity index (χ0) is 34.5. The SMILES string of the molecule is CCCCCCCCCCCCCCCCCCC(CC)CCCCCCCCCCCCCCCCCC(CC(O)CO)C(=O)O. The molecule has 0 amide bonds. The molecular weight excluding hydrogens is 580 g/mol. The van der Waals surface area contributed by atoms with Gasteiger partial charge in [0.25, 0.3) is 0 Å². The van der Waals surface area contributed by atoms with Crippen LogP contribution in [0.4, 0.5) is 0 Å². The van der Waals surface area contributed by atoms with Gasteiger partial charge in [0.1, 0.15) is 0 Å². The van der Waals surface area contributed by atoms with Crippen LogP contribution in [0.2, 0.25) is 0 Å². The fourth-order valence-electron chi connectivity index (χ4n) is 7.40. The first-order chi connectivity index (χ1) is 23.0. The minimum Gasteiger partial charge on any atom is -0.481 e. The number of carboxylic acids is 1. The van der Waals surface area contributed by atoms with Crippen molar-refractivity contribution >= 4 is 5.97 Å². The smallest absolute Gasteiger partial charge is 0.306 e. The third-order valence-corrected chi connectivity index (χ3v) is 10.8. The zero-order valence-electron chi connectivity index (χ0n) is 32.1. The summed E-state index contributed by atoms with van der Waals surface area (Å²) in [7, 11) is 0. The van der Waals surface area contributed by atoms with Crippen molar-refractivity contribution in [3.63, 3.8) is 0 Å². The lowest BCUT2D eigenvalue weighted by atomic mass is 9.92. The molecule has 0 radical (unpaired) electrons. The molecule has 0 aliphatic heterocycles. The van der Waals surface area contributed by atoms with E-state index in [2.05, 4.69) is 13.8 Å². The van der Waals surface area contributed by atoms with Crippen molar-refractivity contribution < 1.29 is 20.1 Å². The molecule has 3 atom stereocenters. The number of carboxylic acid groups (broad SMARTS) is 1. The average molecular weight is 667 g/mol. The minimum absolute atomic E-state index is 0.158. The van der Waals surface area contributed by atoms with E-state index >= 15 is 0 Å². The van der Waals surface area contributed by atoms with Crippen LogP contribution in [0.15, 0.2) is 0 Å². The molecule has 282 valence electrons. The van der Waals surface area contributed by atoms with Gasteiger partial charge >= 0.3 is 5.97 Å². The van der Waals surface area contributed by atoms with Crippen LogP contribution in [0.25, 0.3) is 0 Å². The lowest BCUT2D eigenvalue weighted by Crippen LogP contribution is -2.23. The highest BCUT2D eigenvalue weighted by Crippen LogP contribution is 2.23. The standard InChI is InChI=1S/C43H86O4/c1-3-5-6-7-8-9-10-11-12-14-17-20-23-26-29-32-35-40(4-2)36-33-30-27-24-21-18-15-13-16-19-22-25-28-31-34-37-41(43(46)47)38-42(45)39-44/h40-42,44-45H,3-39H2,1-2H3,(H,46,47). The number of hydrogen-bond acceptors (Lipinski definition) is 3. The molecule has 3 N–H and O–H groups in total. The van der Waals surface area contributed by atoms with Crippen molar-refractivity contribution in [1.29, 1.82) is 0 Å². The predicted molar refractivity (Wildman–Crippen MR) is 205 cm³/mol. The average Bonchev–Trinajstić information content (AvgIpc) is 3.07. The van der Waals surface area contributed by atoms with Gasteiger partial charge in [-0.1, -0.05) is 232 Å². The fraction of sp³-hybridized carbons (Fsp3) is 0.977. The maximum Gasteiger partial charge on any atom is 0.306 e. The lowest BCUT2D eigenvalue weighted by molar-refractivity contribution is -0.143. The van der Waals surface area contributed by atoms with Crippen LogP contribution in [0, 0.1) is 11.8 Å². The van der Waals surface area contributed by atoms with E-state index in [1.54, 1.807) is 0 Å². The Labute approximate surface area is 295 Å².